The molecule has 0 aromatic carbocycles. The normalized spacial score (nSPS) is 8.67. The Morgan fingerprint density at radius 3 is 2.50 bits per heavy atom. The van der Waals surface area contributed by atoms with Crippen LogP contribution in [0.15, 0.2) is 21.9 Å². The minimum absolute atomic E-state index is 0. The monoisotopic (exact) mass is 369 g/mol. The van der Waals surface area contributed by atoms with Crippen LogP contribution in [0.5, 0.6) is 0 Å². The van der Waals surface area contributed by atoms with Crippen molar-refractivity contribution in [2.75, 3.05) is 0 Å². The first-order valence-corrected chi connectivity index (χ1v) is 3.08. The minimum atomic E-state index is -0.753. The van der Waals surface area contributed by atoms with Gasteiger partial charge in [0.05, 0.1) is 0 Å². The van der Waals surface area contributed by atoms with E-state index in [0.29, 0.717) is 4.57 Å². The maximum absolute atomic E-state index is 10.8. The molecular weight excluding hydrogens is 365 g/mol. The van der Waals surface area contributed by atoms with Crippen molar-refractivity contribution in [1.82, 2.24) is 9.55 Å². The van der Waals surface area contributed by atoms with E-state index in [0.717, 1.165) is 6.07 Å². The van der Waals surface area contributed by atoms with E-state index in [1.165, 1.54) is 6.20 Å². The number of hydrogen-bond acceptors (Lipinski definition) is 3. The Labute approximate surface area is 87.6 Å². The van der Waals surface area contributed by atoms with Gasteiger partial charge in [0, 0.05) is 34.6 Å². The van der Waals surface area contributed by atoms with Crippen molar-refractivity contribution in [2.24, 2.45) is 0 Å². The van der Waals surface area contributed by atoms with Crippen molar-refractivity contribution < 1.29 is 27.5 Å². The molecule has 0 saturated carbocycles. The Bertz CT molecular complexity index is 368. The first-order chi connectivity index (χ1) is 5.13. The molecule has 0 amide bonds. The smallest absolute Gasteiger partial charge is 0.336 e. The number of nitrogens with one attached hydrogen (secondary N) is 1. The predicted octanol–water partition coefficient (Wildman–Crippen LogP) is -0.775. The van der Waals surface area contributed by atoms with E-state index in [9.17, 15) is 9.59 Å². The van der Waals surface area contributed by atoms with Gasteiger partial charge in [-0.3, -0.25) is 4.79 Å². The molecule has 1 heterocycles. The van der Waals surface area contributed by atoms with Gasteiger partial charge < -0.3 is 10.1 Å². The van der Waals surface area contributed by atoms with Gasteiger partial charge in [0.15, 0.2) is 0 Å². The zero-order chi connectivity index (χ0) is 8.43. The summed E-state index contributed by atoms with van der Waals surface area (Å²) in [6, 6.07) is 1.09. The Morgan fingerprint density at radius 1 is 1.58 bits per heavy atom. The summed E-state index contributed by atoms with van der Waals surface area (Å²) in [5.41, 5.74) is -1.40. The molecule has 0 saturated heterocycles. The van der Waals surface area contributed by atoms with E-state index in [-0.39, 0.29) is 22.4 Å². The number of hydrogen-bond donors (Lipinski definition) is 2. The molecule has 1 radical (unpaired) electrons. The van der Waals surface area contributed by atoms with E-state index in [2.05, 4.69) is 17.2 Å². The first-order valence-electron chi connectivity index (χ1n) is 2.67. The van der Waals surface area contributed by atoms with Crippen molar-refractivity contribution in [2.45, 2.75) is 0 Å². The second-order valence-electron chi connectivity index (χ2n) is 1.74. The second-order valence-corrected chi connectivity index (χ2v) is 2.10. The molecule has 0 unspecified atom stereocenters. The van der Waals surface area contributed by atoms with Gasteiger partial charge in [-0.2, -0.15) is 4.57 Å². The maximum atomic E-state index is 10.8. The molecule has 2 N–H and O–H groups in total. The van der Waals surface area contributed by atoms with Crippen LogP contribution in [0.25, 0.3) is 0 Å². The largest absolute Gasteiger partial charge is 0.486 e. The van der Waals surface area contributed by atoms with Crippen LogP contribution in [0.1, 0.15) is 0 Å². The van der Waals surface area contributed by atoms with Crippen molar-refractivity contribution >= 4 is 17.4 Å². The summed E-state index contributed by atoms with van der Waals surface area (Å²) in [7, 11) is 0. The molecule has 7 heteroatoms. The van der Waals surface area contributed by atoms with E-state index < -0.39 is 16.4 Å². The Hall–Kier alpha value is -0.690. The number of thiocarbonyl (C=S) groups is 1. The quantitative estimate of drug-likeness (QED) is 0.465. The average Bonchev–Trinajstić information content (AvgIpc) is 1.85. The predicted molar refractivity (Wildman–Crippen MR) is 41.9 cm³/mol. The fourth-order valence-corrected chi connectivity index (χ4v) is 0.777. The van der Waals surface area contributed by atoms with Crippen LogP contribution in [0, 0.1) is 0 Å². The van der Waals surface area contributed by atoms with Crippen LogP contribution in [-0.4, -0.2) is 19.8 Å². The molecule has 0 aliphatic rings. The zero-order valence-corrected chi connectivity index (χ0v) is 8.56. The average molecular weight is 369 g/mol. The Balaban J connectivity index is 0.00000121. The molecule has 0 aliphatic carbocycles. The van der Waals surface area contributed by atoms with Crippen LogP contribution in [0.4, 0.5) is 0 Å². The van der Waals surface area contributed by atoms with Crippen LogP contribution in [-0.2, 0) is 22.4 Å². The number of H-pyrrole nitrogens is 1. The standard InChI is InChI=1S/C5H4N2O3S.Au/c8-3-1-2-6-4(9)7(3)5(10)11;/h1-2H,(H,6,9)(H,10,11);. The van der Waals surface area contributed by atoms with Gasteiger partial charge in [0.25, 0.3) is 10.7 Å². The molecule has 0 spiro atoms. The number of aliphatic hydroxyl groups excluding tert-OH is 1. The van der Waals surface area contributed by atoms with E-state index in [1.54, 1.807) is 0 Å². The van der Waals surface area contributed by atoms with Crippen molar-refractivity contribution in [3.8, 4) is 0 Å². The van der Waals surface area contributed by atoms with Crippen molar-refractivity contribution in [3.63, 3.8) is 0 Å². The molecule has 69 valence electrons. The third-order valence-electron chi connectivity index (χ3n) is 1.05. The molecule has 1 aromatic rings. The summed E-state index contributed by atoms with van der Waals surface area (Å²) in [6.45, 7) is 0. The van der Waals surface area contributed by atoms with Crippen LogP contribution in [0.2, 0.25) is 0 Å². The van der Waals surface area contributed by atoms with E-state index >= 15 is 0 Å². The van der Waals surface area contributed by atoms with Crippen LogP contribution >= 0.6 is 12.2 Å². The molecule has 0 fully saturated rings. The van der Waals surface area contributed by atoms with Gasteiger partial charge in [-0.1, -0.05) is 0 Å². The second kappa shape index (κ2) is 4.36. The fourth-order valence-electron chi connectivity index (χ4n) is 0.605. The summed E-state index contributed by atoms with van der Waals surface area (Å²) in [5.74, 6) is 0. The summed E-state index contributed by atoms with van der Waals surface area (Å²) < 4.78 is 0.454. The topological polar surface area (TPSA) is 75.1 Å². The molecule has 0 bridgehead atoms. The van der Waals surface area contributed by atoms with Gasteiger partial charge in [0.1, 0.15) is 0 Å². The summed E-state index contributed by atoms with van der Waals surface area (Å²) in [6.07, 6.45) is 1.18. The third kappa shape index (κ3) is 2.15. The number of nitrogens with zero attached hydrogens (tertiary/aromatic N) is 1. The van der Waals surface area contributed by atoms with Gasteiger partial charge in [-0.15, -0.1) is 0 Å². The fraction of sp³-hybridized carbons (Fsp3) is 0. The summed E-state index contributed by atoms with van der Waals surface area (Å²) >= 11 is 4.24. The zero-order valence-electron chi connectivity index (χ0n) is 5.58. The number of rotatable bonds is 0. The molecule has 1 aromatic heterocycles. The molecular formula is C5H4AuN2O3S. The Kier molecular flexibility index (Phi) is 4.11. The van der Waals surface area contributed by atoms with Crippen LogP contribution < -0.4 is 11.2 Å². The van der Waals surface area contributed by atoms with Crippen molar-refractivity contribution in [3.05, 3.63) is 33.1 Å². The third-order valence-corrected chi connectivity index (χ3v) is 1.23. The summed E-state index contributed by atoms with van der Waals surface area (Å²) in [5, 5.41) is 7.91. The van der Waals surface area contributed by atoms with Gasteiger partial charge in [-0.25, -0.2) is 4.79 Å². The number of aromatic amines is 1. The first kappa shape index (κ1) is 11.3. The van der Waals surface area contributed by atoms with Crippen LogP contribution in [0.3, 0.4) is 0 Å². The van der Waals surface area contributed by atoms with E-state index in [1.807, 2.05) is 0 Å². The minimum Gasteiger partial charge on any atom is -0.486 e. The SMILES string of the molecule is O=c1cc[nH]c(=O)n1C(O)=S.[Au]. The molecule has 12 heavy (non-hydrogen) atoms. The van der Waals surface area contributed by atoms with Gasteiger partial charge in [0.2, 0.25) is 0 Å². The molecule has 5 nitrogen and oxygen atoms in total. The van der Waals surface area contributed by atoms with Crippen molar-refractivity contribution in [1.29, 1.82) is 0 Å². The van der Waals surface area contributed by atoms with Gasteiger partial charge in [-0.05, 0) is 12.2 Å². The molecule has 0 atom stereocenters. The maximum Gasteiger partial charge on any atom is 0.336 e. The van der Waals surface area contributed by atoms with E-state index in [4.69, 9.17) is 5.11 Å². The number of aromatic nitrogens is 2. The Morgan fingerprint density at radius 2 is 2.17 bits per heavy atom. The number of aliphatic hydroxyl groups is 1. The van der Waals surface area contributed by atoms with Gasteiger partial charge >= 0.3 is 5.69 Å². The summed E-state index contributed by atoms with van der Waals surface area (Å²) in [4.78, 5) is 23.7. The molecule has 0 aliphatic heterocycles. The molecule has 1 rings (SSSR count).